The molecule has 0 unspecified atom stereocenters. The fraction of sp³-hybridized carbons (Fsp3) is 0.414. The fourth-order valence-electron chi connectivity index (χ4n) is 5.35. The zero-order valence-corrected chi connectivity index (χ0v) is 21.8. The Hall–Kier alpha value is -3.20. The summed E-state index contributed by atoms with van der Waals surface area (Å²) in [4.78, 5) is 32.5. The predicted molar refractivity (Wildman–Crippen MR) is 141 cm³/mol. The first-order valence-corrected chi connectivity index (χ1v) is 14.0. The van der Waals surface area contributed by atoms with Gasteiger partial charge in [0.25, 0.3) is 11.8 Å². The van der Waals surface area contributed by atoms with Crippen LogP contribution in [0.2, 0.25) is 0 Å². The minimum atomic E-state index is -4.41. The third kappa shape index (κ3) is 5.93. The lowest BCUT2D eigenvalue weighted by molar-refractivity contribution is -0.137. The van der Waals surface area contributed by atoms with Crippen LogP contribution in [0.4, 0.5) is 13.2 Å². The summed E-state index contributed by atoms with van der Waals surface area (Å²) in [6.45, 7) is 1.10. The number of piperidine rings is 1. The van der Waals surface area contributed by atoms with E-state index in [9.17, 15) is 22.8 Å². The molecule has 5 nitrogen and oxygen atoms in total. The summed E-state index contributed by atoms with van der Waals surface area (Å²) in [6, 6.07) is 12.2. The maximum Gasteiger partial charge on any atom is 0.416 e. The van der Waals surface area contributed by atoms with Crippen molar-refractivity contribution in [2.75, 3.05) is 13.1 Å². The maximum absolute atomic E-state index is 13.4. The van der Waals surface area contributed by atoms with E-state index in [4.69, 9.17) is 0 Å². The molecule has 5 rings (SSSR count). The summed E-state index contributed by atoms with van der Waals surface area (Å²) < 4.78 is 38.9. The molecular formula is C29H30F3N3O2S. The van der Waals surface area contributed by atoms with Crippen LogP contribution in [0.1, 0.15) is 82.3 Å². The lowest BCUT2D eigenvalue weighted by Crippen LogP contribution is -2.38. The van der Waals surface area contributed by atoms with Crippen molar-refractivity contribution in [3.05, 3.63) is 75.7 Å². The Morgan fingerprint density at radius 2 is 1.61 bits per heavy atom. The van der Waals surface area contributed by atoms with Gasteiger partial charge in [-0.2, -0.15) is 13.2 Å². The molecule has 2 aliphatic rings. The van der Waals surface area contributed by atoms with Gasteiger partial charge in [-0.05, 0) is 55.0 Å². The van der Waals surface area contributed by atoms with E-state index in [1.807, 2.05) is 5.38 Å². The number of thiazole rings is 1. The van der Waals surface area contributed by atoms with Crippen molar-refractivity contribution in [1.29, 1.82) is 0 Å². The third-order valence-electron chi connectivity index (χ3n) is 7.51. The Kier molecular flexibility index (Phi) is 7.83. The van der Waals surface area contributed by atoms with Crippen molar-refractivity contribution < 1.29 is 22.8 Å². The second-order valence-corrected chi connectivity index (χ2v) is 11.0. The van der Waals surface area contributed by atoms with Gasteiger partial charge in [0.05, 0.1) is 10.6 Å². The number of nitrogens with zero attached hydrogens (tertiary/aromatic N) is 2. The minimum Gasteiger partial charge on any atom is -0.348 e. The van der Waals surface area contributed by atoms with Crippen LogP contribution < -0.4 is 5.32 Å². The Morgan fingerprint density at radius 3 is 2.29 bits per heavy atom. The van der Waals surface area contributed by atoms with E-state index in [1.54, 1.807) is 29.2 Å². The van der Waals surface area contributed by atoms with Gasteiger partial charge >= 0.3 is 6.18 Å². The molecule has 2 amide bonds. The van der Waals surface area contributed by atoms with Gasteiger partial charge in [0, 0.05) is 36.0 Å². The Bertz CT molecular complexity index is 1270. The van der Waals surface area contributed by atoms with Crippen molar-refractivity contribution in [3.8, 4) is 11.1 Å². The largest absolute Gasteiger partial charge is 0.416 e. The second kappa shape index (κ2) is 11.3. The molecule has 1 aromatic heterocycles. The van der Waals surface area contributed by atoms with Crippen LogP contribution >= 0.6 is 11.3 Å². The van der Waals surface area contributed by atoms with E-state index in [0.717, 1.165) is 55.7 Å². The molecule has 1 aliphatic heterocycles. The summed E-state index contributed by atoms with van der Waals surface area (Å²) in [5.41, 5.74) is 1.41. The van der Waals surface area contributed by atoms with Crippen molar-refractivity contribution in [3.63, 3.8) is 0 Å². The van der Waals surface area contributed by atoms with Crippen LogP contribution in [0.3, 0.4) is 0 Å². The first-order valence-electron chi connectivity index (χ1n) is 13.1. The molecule has 38 heavy (non-hydrogen) atoms. The molecule has 2 fully saturated rings. The summed E-state index contributed by atoms with van der Waals surface area (Å²) in [7, 11) is 0. The van der Waals surface area contributed by atoms with Crippen LogP contribution in [-0.4, -0.2) is 40.8 Å². The van der Waals surface area contributed by atoms with Crippen LogP contribution in [-0.2, 0) is 6.18 Å². The lowest BCUT2D eigenvalue weighted by atomic mass is 9.94. The topological polar surface area (TPSA) is 62.3 Å². The van der Waals surface area contributed by atoms with Gasteiger partial charge in [0.2, 0.25) is 0 Å². The van der Waals surface area contributed by atoms with Gasteiger partial charge in [-0.25, -0.2) is 4.98 Å². The number of rotatable bonds is 5. The Morgan fingerprint density at radius 1 is 0.921 bits per heavy atom. The van der Waals surface area contributed by atoms with Crippen molar-refractivity contribution in [2.24, 2.45) is 0 Å². The number of aromatic nitrogens is 1. The highest BCUT2D eigenvalue weighted by molar-refractivity contribution is 7.09. The number of amides is 2. The number of halogens is 3. The van der Waals surface area contributed by atoms with Gasteiger partial charge in [-0.3, -0.25) is 9.59 Å². The standard InChI is InChI=1S/C29H30F3N3O2S/c30-29(31,32)21-12-10-19(11-13-21)23-8-4-5-9-24(23)28(37)35-16-14-20(15-17-35)27-34-25(18-38-27)26(36)33-22-6-2-1-3-7-22/h4-5,8-13,18,20,22H,1-3,6-7,14-17H2,(H,33,36). The zero-order valence-electron chi connectivity index (χ0n) is 21.0. The molecule has 9 heteroatoms. The monoisotopic (exact) mass is 541 g/mol. The molecule has 1 saturated carbocycles. The quantitative estimate of drug-likeness (QED) is 0.382. The highest BCUT2D eigenvalue weighted by Crippen LogP contribution is 2.34. The number of alkyl halides is 3. The highest BCUT2D eigenvalue weighted by atomic mass is 32.1. The second-order valence-electron chi connectivity index (χ2n) is 10.1. The molecule has 1 aliphatic carbocycles. The van der Waals surface area contributed by atoms with E-state index in [0.29, 0.717) is 35.5 Å². The Balaban J connectivity index is 1.22. The molecule has 1 saturated heterocycles. The van der Waals surface area contributed by atoms with E-state index in [2.05, 4.69) is 10.3 Å². The minimum absolute atomic E-state index is 0.105. The summed E-state index contributed by atoms with van der Waals surface area (Å²) >= 11 is 1.50. The van der Waals surface area contributed by atoms with Crippen LogP contribution in [0.25, 0.3) is 11.1 Å². The van der Waals surface area contributed by atoms with Crippen LogP contribution in [0.5, 0.6) is 0 Å². The lowest BCUT2D eigenvalue weighted by Gasteiger charge is -2.31. The molecule has 2 heterocycles. The number of nitrogens with one attached hydrogen (secondary N) is 1. The van der Waals surface area contributed by atoms with E-state index in [1.165, 1.54) is 29.9 Å². The number of carbonyl (C=O) groups is 2. The first kappa shape index (κ1) is 26.4. The summed E-state index contributed by atoms with van der Waals surface area (Å²) in [6.07, 6.45) is 2.66. The molecule has 0 spiro atoms. The summed E-state index contributed by atoms with van der Waals surface area (Å²) in [5, 5.41) is 5.87. The predicted octanol–water partition coefficient (Wildman–Crippen LogP) is 6.91. The number of hydrogen-bond donors (Lipinski definition) is 1. The average molecular weight is 542 g/mol. The van der Waals surface area contributed by atoms with Gasteiger partial charge < -0.3 is 10.2 Å². The smallest absolute Gasteiger partial charge is 0.348 e. The number of likely N-dealkylation sites (tertiary alicyclic amines) is 1. The van der Waals surface area contributed by atoms with E-state index in [-0.39, 0.29) is 23.8 Å². The highest BCUT2D eigenvalue weighted by Gasteiger charge is 2.31. The van der Waals surface area contributed by atoms with Gasteiger partial charge in [-0.15, -0.1) is 11.3 Å². The van der Waals surface area contributed by atoms with Crippen molar-refractivity contribution in [2.45, 2.75) is 63.1 Å². The Labute approximate surface area is 224 Å². The molecule has 0 bridgehead atoms. The number of benzene rings is 2. The fourth-order valence-corrected chi connectivity index (χ4v) is 6.32. The molecular weight excluding hydrogens is 511 g/mol. The molecule has 0 radical (unpaired) electrons. The zero-order chi connectivity index (χ0) is 26.7. The first-order chi connectivity index (χ1) is 18.3. The SMILES string of the molecule is O=C(NC1CCCCC1)c1csc(C2CCN(C(=O)c3ccccc3-c3ccc(C(F)(F)F)cc3)CC2)n1. The van der Waals surface area contributed by atoms with Gasteiger partial charge in [0.1, 0.15) is 5.69 Å². The molecule has 3 aromatic rings. The van der Waals surface area contributed by atoms with E-state index < -0.39 is 11.7 Å². The number of hydrogen-bond acceptors (Lipinski definition) is 4. The van der Waals surface area contributed by atoms with Crippen molar-refractivity contribution in [1.82, 2.24) is 15.2 Å². The third-order valence-corrected chi connectivity index (χ3v) is 8.51. The normalized spacial score (nSPS) is 17.4. The van der Waals surface area contributed by atoms with Crippen LogP contribution in [0, 0.1) is 0 Å². The summed E-state index contributed by atoms with van der Waals surface area (Å²) in [5.74, 6) is -0.0528. The van der Waals surface area contributed by atoms with Gasteiger partial charge in [0.15, 0.2) is 0 Å². The van der Waals surface area contributed by atoms with Crippen LogP contribution in [0.15, 0.2) is 53.9 Å². The molecule has 2 aromatic carbocycles. The molecule has 0 atom stereocenters. The van der Waals surface area contributed by atoms with Gasteiger partial charge in [-0.1, -0.05) is 49.6 Å². The van der Waals surface area contributed by atoms with E-state index >= 15 is 0 Å². The van der Waals surface area contributed by atoms with Crippen molar-refractivity contribution >= 4 is 23.2 Å². The average Bonchev–Trinajstić information content (AvgIpc) is 3.44. The molecule has 1 N–H and O–H groups in total. The number of carbonyl (C=O) groups excluding carboxylic acids is 2. The maximum atomic E-state index is 13.4. The molecule has 200 valence electrons.